The number of aromatic nitrogens is 2. The van der Waals surface area contributed by atoms with E-state index >= 15 is 0 Å². The molecule has 1 fully saturated rings. The molecule has 0 atom stereocenters. The first-order chi connectivity index (χ1) is 8.69. The number of aryl methyl sites for hydroxylation is 1. The van der Waals surface area contributed by atoms with Crippen molar-refractivity contribution in [3.05, 3.63) is 11.7 Å². The molecule has 0 aliphatic heterocycles. The number of aliphatic carboxylic acids is 1. The quantitative estimate of drug-likeness (QED) is 0.862. The Balaban J connectivity index is 1.73. The summed E-state index contributed by atoms with van der Waals surface area (Å²) < 4.78 is 10.7. The Bertz CT molecular complexity index is 397. The van der Waals surface area contributed by atoms with E-state index in [-0.39, 0.29) is 12.0 Å². The SMILES string of the molecule is CCc1noc(COC2CCC(C(=O)O)CC2)n1. The van der Waals surface area contributed by atoms with Crippen LogP contribution in [0.2, 0.25) is 0 Å². The Labute approximate surface area is 105 Å². The van der Waals surface area contributed by atoms with Crippen LogP contribution in [-0.4, -0.2) is 27.3 Å². The van der Waals surface area contributed by atoms with E-state index < -0.39 is 5.97 Å². The standard InChI is InChI=1S/C12H18N2O4/c1-2-10-13-11(18-14-10)7-17-9-5-3-8(4-6-9)12(15)16/h8-9H,2-7H2,1H3,(H,15,16). The summed E-state index contributed by atoms with van der Waals surface area (Å²) in [5.41, 5.74) is 0. The van der Waals surface area contributed by atoms with Gasteiger partial charge < -0.3 is 14.4 Å². The van der Waals surface area contributed by atoms with E-state index in [2.05, 4.69) is 10.1 Å². The summed E-state index contributed by atoms with van der Waals surface area (Å²) in [6.07, 6.45) is 3.79. The van der Waals surface area contributed by atoms with Crippen molar-refractivity contribution in [2.45, 2.75) is 51.7 Å². The molecule has 0 saturated heterocycles. The van der Waals surface area contributed by atoms with Gasteiger partial charge in [0, 0.05) is 6.42 Å². The third kappa shape index (κ3) is 3.29. The molecule has 0 unspecified atom stereocenters. The summed E-state index contributed by atoms with van der Waals surface area (Å²) in [5.74, 6) is 0.272. The molecule has 18 heavy (non-hydrogen) atoms. The zero-order valence-electron chi connectivity index (χ0n) is 10.5. The fourth-order valence-corrected chi connectivity index (χ4v) is 2.16. The van der Waals surface area contributed by atoms with E-state index in [1.165, 1.54) is 0 Å². The fourth-order valence-electron chi connectivity index (χ4n) is 2.16. The van der Waals surface area contributed by atoms with Gasteiger partial charge in [-0.25, -0.2) is 0 Å². The number of ether oxygens (including phenoxy) is 1. The van der Waals surface area contributed by atoms with E-state index in [0.717, 1.165) is 19.3 Å². The first kappa shape index (κ1) is 13.0. The van der Waals surface area contributed by atoms with Gasteiger partial charge in [0.1, 0.15) is 6.61 Å². The third-order valence-corrected chi connectivity index (χ3v) is 3.29. The summed E-state index contributed by atoms with van der Waals surface area (Å²) in [6.45, 7) is 2.28. The maximum absolute atomic E-state index is 10.8. The highest BCUT2D eigenvalue weighted by Crippen LogP contribution is 2.26. The van der Waals surface area contributed by atoms with Crippen molar-refractivity contribution < 1.29 is 19.2 Å². The Hall–Kier alpha value is -1.43. The molecule has 0 radical (unpaired) electrons. The highest BCUT2D eigenvalue weighted by molar-refractivity contribution is 5.70. The Morgan fingerprint density at radius 3 is 2.72 bits per heavy atom. The number of hydrogen-bond acceptors (Lipinski definition) is 5. The van der Waals surface area contributed by atoms with E-state index in [0.29, 0.717) is 31.2 Å². The van der Waals surface area contributed by atoms with Crippen molar-refractivity contribution in [2.75, 3.05) is 0 Å². The van der Waals surface area contributed by atoms with Crippen LogP contribution in [0, 0.1) is 5.92 Å². The van der Waals surface area contributed by atoms with Crippen LogP contribution in [-0.2, 0) is 22.6 Å². The summed E-state index contributed by atoms with van der Waals surface area (Å²) in [4.78, 5) is 15.0. The second-order valence-corrected chi connectivity index (χ2v) is 4.58. The average Bonchev–Trinajstić information content (AvgIpc) is 2.85. The summed E-state index contributed by atoms with van der Waals surface area (Å²) in [5, 5.41) is 12.7. The second kappa shape index (κ2) is 5.95. The molecule has 0 bridgehead atoms. The lowest BCUT2D eigenvalue weighted by Crippen LogP contribution is -2.25. The normalized spacial score (nSPS) is 24.1. The Kier molecular flexibility index (Phi) is 4.30. The van der Waals surface area contributed by atoms with Crippen LogP contribution in [0.1, 0.15) is 44.3 Å². The summed E-state index contributed by atoms with van der Waals surface area (Å²) in [7, 11) is 0. The van der Waals surface area contributed by atoms with Crippen molar-refractivity contribution in [1.82, 2.24) is 10.1 Å². The Morgan fingerprint density at radius 1 is 1.44 bits per heavy atom. The van der Waals surface area contributed by atoms with Crippen LogP contribution in [0.3, 0.4) is 0 Å². The molecule has 1 aromatic rings. The van der Waals surface area contributed by atoms with Crippen LogP contribution in [0.5, 0.6) is 0 Å². The van der Waals surface area contributed by atoms with Gasteiger partial charge >= 0.3 is 5.97 Å². The minimum absolute atomic E-state index is 0.109. The monoisotopic (exact) mass is 254 g/mol. The second-order valence-electron chi connectivity index (χ2n) is 4.58. The van der Waals surface area contributed by atoms with Crippen LogP contribution in [0.4, 0.5) is 0 Å². The first-order valence-corrected chi connectivity index (χ1v) is 6.35. The topological polar surface area (TPSA) is 85.5 Å². The molecule has 0 spiro atoms. The minimum Gasteiger partial charge on any atom is -0.481 e. The predicted octanol–water partition coefficient (Wildman–Crippen LogP) is 1.79. The average molecular weight is 254 g/mol. The van der Waals surface area contributed by atoms with Crippen molar-refractivity contribution in [3.63, 3.8) is 0 Å². The van der Waals surface area contributed by atoms with E-state index in [1.807, 2.05) is 6.92 Å². The molecule has 6 nitrogen and oxygen atoms in total. The molecule has 1 aromatic heterocycles. The molecular weight excluding hydrogens is 236 g/mol. The van der Waals surface area contributed by atoms with E-state index in [4.69, 9.17) is 14.4 Å². The van der Waals surface area contributed by atoms with Gasteiger partial charge in [-0.2, -0.15) is 4.98 Å². The maximum Gasteiger partial charge on any atom is 0.306 e. The molecule has 1 aliphatic carbocycles. The zero-order chi connectivity index (χ0) is 13.0. The number of carboxylic acids is 1. The predicted molar refractivity (Wildman–Crippen MR) is 61.8 cm³/mol. The van der Waals surface area contributed by atoms with Gasteiger partial charge in [-0.1, -0.05) is 12.1 Å². The lowest BCUT2D eigenvalue weighted by Gasteiger charge is -2.25. The van der Waals surface area contributed by atoms with Gasteiger partial charge in [0.2, 0.25) is 0 Å². The molecule has 1 saturated carbocycles. The number of nitrogens with zero attached hydrogens (tertiary/aromatic N) is 2. The first-order valence-electron chi connectivity index (χ1n) is 6.35. The van der Waals surface area contributed by atoms with Gasteiger partial charge in [0.25, 0.3) is 5.89 Å². The van der Waals surface area contributed by atoms with Crippen molar-refractivity contribution in [1.29, 1.82) is 0 Å². The van der Waals surface area contributed by atoms with Crippen molar-refractivity contribution in [3.8, 4) is 0 Å². The molecule has 6 heteroatoms. The molecule has 1 heterocycles. The van der Waals surface area contributed by atoms with Gasteiger partial charge in [0.15, 0.2) is 5.82 Å². The third-order valence-electron chi connectivity index (χ3n) is 3.29. The van der Waals surface area contributed by atoms with Crippen LogP contribution in [0.25, 0.3) is 0 Å². The number of carboxylic acid groups (broad SMARTS) is 1. The molecule has 2 rings (SSSR count). The number of hydrogen-bond donors (Lipinski definition) is 1. The van der Waals surface area contributed by atoms with Gasteiger partial charge in [-0.3, -0.25) is 4.79 Å². The summed E-state index contributed by atoms with van der Waals surface area (Å²) >= 11 is 0. The van der Waals surface area contributed by atoms with Crippen LogP contribution < -0.4 is 0 Å². The molecular formula is C12H18N2O4. The maximum atomic E-state index is 10.8. The zero-order valence-corrected chi connectivity index (χ0v) is 10.5. The van der Waals surface area contributed by atoms with Crippen LogP contribution in [0.15, 0.2) is 4.52 Å². The lowest BCUT2D eigenvalue weighted by atomic mass is 9.87. The molecule has 1 N–H and O–H groups in total. The van der Waals surface area contributed by atoms with Crippen molar-refractivity contribution in [2.24, 2.45) is 5.92 Å². The van der Waals surface area contributed by atoms with Gasteiger partial charge in [0.05, 0.1) is 12.0 Å². The van der Waals surface area contributed by atoms with Gasteiger partial charge in [-0.15, -0.1) is 0 Å². The number of carbonyl (C=O) groups is 1. The molecule has 100 valence electrons. The van der Waals surface area contributed by atoms with Gasteiger partial charge in [-0.05, 0) is 25.7 Å². The highest BCUT2D eigenvalue weighted by Gasteiger charge is 2.26. The van der Waals surface area contributed by atoms with E-state index in [9.17, 15) is 4.79 Å². The lowest BCUT2D eigenvalue weighted by molar-refractivity contribution is -0.144. The van der Waals surface area contributed by atoms with Crippen molar-refractivity contribution >= 4 is 5.97 Å². The molecule has 0 aromatic carbocycles. The van der Waals surface area contributed by atoms with E-state index in [1.54, 1.807) is 0 Å². The molecule has 1 aliphatic rings. The fraction of sp³-hybridized carbons (Fsp3) is 0.750. The molecule has 0 amide bonds. The summed E-state index contributed by atoms with van der Waals surface area (Å²) in [6, 6.07) is 0. The number of rotatable bonds is 5. The Morgan fingerprint density at radius 2 is 2.17 bits per heavy atom. The largest absolute Gasteiger partial charge is 0.481 e. The smallest absolute Gasteiger partial charge is 0.306 e. The minimum atomic E-state index is -0.696. The highest BCUT2D eigenvalue weighted by atomic mass is 16.5. The van der Waals surface area contributed by atoms with Crippen LogP contribution >= 0.6 is 0 Å².